The summed E-state index contributed by atoms with van der Waals surface area (Å²) in [4.78, 5) is 3.45. The molecule has 0 unspecified atom stereocenters. The van der Waals surface area contributed by atoms with Crippen LogP contribution < -0.4 is 4.74 Å². The van der Waals surface area contributed by atoms with Gasteiger partial charge in [-0.3, -0.25) is 0 Å². The van der Waals surface area contributed by atoms with Crippen molar-refractivity contribution in [2.45, 2.75) is 19.0 Å². The number of methoxy groups -OCH3 is 1. The van der Waals surface area contributed by atoms with E-state index in [1.54, 1.807) is 6.07 Å². The van der Waals surface area contributed by atoms with Crippen LogP contribution in [0.15, 0.2) is 6.07 Å². The second kappa shape index (κ2) is 5.16. The number of hydrogen-bond acceptors (Lipinski definition) is 3. The summed E-state index contributed by atoms with van der Waals surface area (Å²) in [6.07, 6.45) is -8.77. The molecule has 0 aliphatic carbocycles. The number of halogens is 5. The number of alkyl halides is 5. The molecule has 0 saturated carbocycles. The zero-order valence-corrected chi connectivity index (χ0v) is 9.05. The van der Waals surface area contributed by atoms with E-state index in [0.717, 1.165) is 7.11 Å². The number of hydrogen-bond donors (Lipinski definition) is 0. The lowest BCUT2D eigenvalue weighted by Crippen LogP contribution is -2.13. The molecule has 0 N–H and O–H groups in total. The molecule has 8 heteroatoms. The molecule has 0 aliphatic heterocycles. The van der Waals surface area contributed by atoms with Crippen molar-refractivity contribution in [2.75, 3.05) is 7.11 Å². The Labute approximate surface area is 98.8 Å². The molecule has 1 aromatic heterocycles. The van der Waals surface area contributed by atoms with Crippen molar-refractivity contribution in [3.8, 4) is 11.9 Å². The molecule has 0 fully saturated rings. The van der Waals surface area contributed by atoms with Gasteiger partial charge in [-0.2, -0.15) is 18.4 Å². The lowest BCUT2D eigenvalue weighted by Gasteiger charge is -2.15. The van der Waals surface area contributed by atoms with Crippen molar-refractivity contribution in [1.82, 2.24) is 4.98 Å². The van der Waals surface area contributed by atoms with Crippen molar-refractivity contribution in [3.63, 3.8) is 0 Å². The van der Waals surface area contributed by atoms with Crippen LogP contribution in [0.3, 0.4) is 0 Å². The summed E-state index contributed by atoms with van der Waals surface area (Å²) in [5.74, 6) is -0.815. The molecule has 1 aromatic rings. The monoisotopic (exact) mass is 266 g/mol. The first-order valence-electron chi connectivity index (χ1n) is 4.61. The topological polar surface area (TPSA) is 45.9 Å². The number of nitrogens with zero attached hydrogens (tertiary/aromatic N) is 2. The largest absolute Gasteiger partial charge is 0.481 e. The van der Waals surface area contributed by atoms with E-state index in [2.05, 4.69) is 9.72 Å². The van der Waals surface area contributed by atoms with Gasteiger partial charge in [0.15, 0.2) is 0 Å². The molecular formula is C10H7F5N2O. The lowest BCUT2D eigenvalue weighted by atomic mass is 10.1. The zero-order valence-electron chi connectivity index (χ0n) is 9.05. The van der Waals surface area contributed by atoms with Crippen molar-refractivity contribution in [1.29, 1.82) is 5.26 Å². The highest BCUT2D eigenvalue weighted by atomic mass is 19.4. The number of ether oxygens (including phenoxy) is 1. The predicted octanol–water partition coefficient (Wildman–Crippen LogP) is 3.11. The standard InChI is InChI=1S/C10H7F5N2O/c1-18-9-7(8(11)12)6(10(13,14)15)4-5(17-9)2-3-16/h4,8H,2H2,1H3. The first-order valence-corrected chi connectivity index (χ1v) is 4.61. The Kier molecular flexibility index (Phi) is 4.06. The third kappa shape index (κ3) is 2.85. The Balaban J connectivity index is 3.53. The van der Waals surface area contributed by atoms with E-state index in [0.29, 0.717) is 6.07 Å². The average molecular weight is 266 g/mol. The van der Waals surface area contributed by atoms with Crippen molar-refractivity contribution in [3.05, 3.63) is 22.9 Å². The zero-order chi connectivity index (χ0) is 13.9. The summed E-state index contributed by atoms with van der Waals surface area (Å²) in [5.41, 5.74) is -3.12. The SMILES string of the molecule is COc1nc(CC#N)cc(C(F)(F)F)c1C(F)F. The molecule has 18 heavy (non-hydrogen) atoms. The Morgan fingerprint density at radius 1 is 1.44 bits per heavy atom. The fourth-order valence-corrected chi connectivity index (χ4v) is 1.36. The molecule has 0 amide bonds. The van der Waals surface area contributed by atoms with Gasteiger partial charge >= 0.3 is 6.18 Å². The van der Waals surface area contributed by atoms with Gasteiger partial charge in [0.05, 0.1) is 36.4 Å². The summed E-state index contributed by atoms with van der Waals surface area (Å²) in [5, 5.41) is 8.40. The molecule has 1 rings (SSSR count). The molecule has 0 radical (unpaired) electrons. The van der Waals surface area contributed by atoms with Crippen LogP contribution >= 0.6 is 0 Å². The second-order valence-corrected chi connectivity index (χ2v) is 3.22. The molecule has 1 heterocycles. The summed E-state index contributed by atoms with van der Waals surface area (Å²) in [6, 6.07) is 2.03. The maximum Gasteiger partial charge on any atom is 0.417 e. The third-order valence-electron chi connectivity index (χ3n) is 2.05. The maximum atomic E-state index is 12.6. The van der Waals surface area contributed by atoms with E-state index >= 15 is 0 Å². The highest BCUT2D eigenvalue weighted by Crippen LogP contribution is 2.40. The van der Waals surface area contributed by atoms with E-state index in [4.69, 9.17) is 5.26 Å². The van der Waals surface area contributed by atoms with E-state index in [1.165, 1.54) is 0 Å². The van der Waals surface area contributed by atoms with E-state index in [1.807, 2.05) is 0 Å². The molecule has 0 aromatic carbocycles. The van der Waals surface area contributed by atoms with Crippen LogP contribution in [-0.2, 0) is 12.6 Å². The molecule has 3 nitrogen and oxygen atoms in total. The Morgan fingerprint density at radius 2 is 2.06 bits per heavy atom. The van der Waals surface area contributed by atoms with Crippen LogP contribution in [0, 0.1) is 11.3 Å². The minimum absolute atomic E-state index is 0.272. The van der Waals surface area contributed by atoms with Gasteiger partial charge < -0.3 is 4.74 Å². The van der Waals surface area contributed by atoms with Gasteiger partial charge in [0.2, 0.25) is 5.88 Å². The number of rotatable bonds is 3. The summed E-state index contributed by atoms with van der Waals surface area (Å²) in [6.45, 7) is 0. The third-order valence-corrected chi connectivity index (χ3v) is 2.05. The first kappa shape index (κ1) is 14.2. The van der Waals surface area contributed by atoms with Gasteiger partial charge in [0, 0.05) is 0 Å². The quantitative estimate of drug-likeness (QED) is 0.789. The van der Waals surface area contributed by atoms with Crippen LogP contribution in [0.4, 0.5) is 22.0 Å². The summed E-state index contributed by atoms with van der Waals surface area (Å²) in [7, 11) is 0.935. The van der Waals surface area contributed by atoms with Crippen LogP contribution in [-0.4, -0.2) is 12.1 Å². The maximum absolute atomic E-state index is 12.6. The Bertz CT molecular complexity index is 478. The molecular weight excluding hydrogens is 259 g/mol. The van der Waals surface area contributed by atoms with Gasteiger partial charge in [-0.25, -0.2) is 13.8 Å². The Morgan fingerprint density at radius 3 is 2.44 bits per heavy atom. The fourth-order valence-electron chi connectivity index (χ4n) is 1.36. The summed E-state index contributed by atoms with van der Waals surface area (Å²) < 4.78 is 67.6. The van der Waals surface area contributed by atoms with Gasteiger partial charge in [-0.15, -0.1) is 0 Å². The molecule has 0 aliphatic rings. The minimum atomic E-state index is -4.97. The van der Waals surface area contributed by atoms with Crippen LogP contribution in [0.1, 0.15) is 23.2 Å². The molecule has 98 valence electrons. The van der Waals surface area contributed by atoms with Crippen molar-refractivity contribution >= 4 is 0 Å². The van der Waals surface area contributed by atoms with Gasteiger partial charge in [0.1, 0.15) is 0 Å². The smallest absolute Gasteiger partial charge is 0.417 e. The molecule has 0 saturated heterocycles. The predicted molar refractivity (Wildman–Crippen MR) is 50.1 cm³/mol. The second-order valence-electron chi connectivity index (χ2n) is 3.22. The molecule has 0 atom stereocenters. The van der Waals surface area contributed by atoms with Crippen LogP contribution in [0.5, 0.6) is 5.88 Å². The van der Waals surface area contributed by atoms with Crippen molar-refractivity contribution < 1.29 is 26.7 Å². The number of pyridine rings is 1. The van der Waals surface area contributed by atoms with E-state index in [9.17, 15) is 22.0 Å². The van der Waals surface area contributed by atoms with Gasteiger partial charge in [-0.1, -0.05) is 0 Å². The summed E-state index contributed by atoms with van der Waals surface area (Å²) >= 11 is 0. The van der Waals surface area contributed by atoms with Crippen LogP contribution in [0.25, 0.3) is 0 Å². The van der Waals surface area contributed by atoms with Gasteiger partial charge in [-0.05, 0) is 6.07 Å². The van der Waals surface area contributed by atoms with Gasteiger partial charge in [0.25, 0.3) is 6.43 Å². The average Bonchev–Trinajstić information content (AvgIpc) is 2.26. The Hall–Kier alpha value is -1.91. The molecule has 0 bridgehead atoms. The van der Waals surface area contributed by atoms with E-state index in [-0.39, 0.29) is 5.69 Å². The number of nitriles is 1. The fraction of sp³-hybridized carbons (Fsp3) is 0.400. The first-order chi connectivity index (χ1) is 8.31. The normalized spacial score (nSPS) is 11.4. The van der Waals surface area contributed by atoms with Crippen molar-refractivity contribution in [2.24, 2.45) is 0 Å². The van der Waals surface area contributed by atoms with E-state index < -0.39 is 36.0 Å². The molecule has 0 spiro atoms. The highest BCUT2D eigenvalue weighted by molar-refractivity contribution is 5.40. The highest BCUT2D eigenvalue weighted by Gasteiger charge is 2.38. The lowest BCUT2D eigenvalue weighted by molar-refractivity contribution is -0.139. The minimum Gasteiger partial charge on any atom is -0.481 e. The van der Waals surface area contributed by atoms with Crippen LogP contribution in [0.2, 0.25) is 0 Å². The number of aromatic nitrogens is 1.